The van der Waals surface area contributed by atoms with Crippen molar-refractivity contribution in [1.82, 2.24) is 0 Å². The van der Waals surface area contributed by atoms with E-state index in [0.717, 1.165) is 43.6 Å². The molecule has 4 heteroatoms. The highest BCUT2D eigenvalue weighted by atomic mass is 19.1. The lowest BCUT2D eigenvalue weighted by atomic mass is 9.71. The summed E-state index contributed by atoms with van der Waals surface area (Å²) in [5, 5.41) is 0. The summed E-state index contributed by atoms with van der Waals surface area (Å²) in [6.07, 6.45) is 7.94. The first kappa shape index (κ1) is 13.3. The van der Waals surface area contributed by atoms with Crippen LogP contribution in [0.25, 0.3) is 0 Å². The minimum atomic E-state index is -0.531. The van der Waals surface area contributed by atoms with Crippen molar-refractivity contribution in [2.45, 2.75) is 44.1 Å². The number of benzene rings is 1. The molecule has 0 atom stereocenters. The molecule has 2 aliphatic rings. The van der Waals surface area contributed by atoms with E-state index in [1.165, 1.54) is 25.3 Å². The van der Waals surface area contributed by atoms with Crippen LogP contribution in [0.1, 0.15) is 44.1 Å². The van der Waals surface area contributed by atoms with E-state index < -0.39 is 5.54 Å². The van der Waals surface area contributed by atoms with Gasteiger partial charge >= 0.3 is 0 Å². The van der Waals surface area contributed by atoms with Crippen LogP contribution in [0.3, 0.4) is 0 Å². The molecule has 1 aliphatic heterocycles. The van der Waals surface area contributed by atoms with Gasteiger partial charge < -0.3 is 4.90 Å². The van der Waals surface area contributed by atoms with Gasteiger partial charge in [0.2, 0.25) is 6.08 Å². The maximum absolute atomic E-state index is 13.7. The molecule has 3 rings (SSSR count). The minimum Gasteiger partial charge on any atom is -0.371 e. The molecule has 106 valence electrons. The highest BCUT2D eigenvalue weighted by Crippen LogP contribution is 2.48. The maximum atomic E-state index is 13.7. The van der Waals surface area contributed by atoms with Gasteiger partial charge in [-0.25, -0.2) is 9.18 Å². The Bertz CT molecular complexity index is 541. The van der Waals surface area contributed by atoms with E-state index in [2.05, 4.69) is 9.89 Å². The van der Waals surface area contributed by atoms with Crippen molar-refractivity contribution in [2.75, 3.05) is 18.0 Å². The van der Waals surface area contributed by atoms with Crippen LogP contribution in [0, 0.1) is 5.82 Å². The molecule has 20 heavy (non-hydrogen) atoms. The van der Waals surface area contributed by atoms with Gasteiger partial charge in [-0.1, -0.05) is 0 Å². The molecule has 1 aromatic carbocycles. The van der Waals surface area contributed by atoms with Crippen molar-refractivity contribution < 1.29 is 9.18 Å². The fraction of sp³-hybridized carbons (Fsp3) is 0.562. The number of piperidine rings is 1. The van der Waals surface area contributed by atoms with Crippen molar-refractivity contribution in [3.63, 3.8) is 0 Å². The smallest absolute Gasteiger partial charge is 0.235 e. The number of anilines is 1. The molecule has 0 spiro atoms. The molecule has 0 radical (unpaired) electrons. The van der Waals surface area contributed by atoms with Crippen molar-refractivity contribution in [3.8, 4) is 0 Å². The second-order valence-electron chi connectivity index (χ2n) is 5.80. The first-order valence-electron chi connectivity index (χ1n) is 7.39. The molecule has 0 amide bonds. The largest absolute Gasteiger partial charge is 0.371 e. The number of aliphatic imine (C=N–C) groups is 1. The average molecular weight is 274 g/mol. The standard InChI is InChI=1S/C16H19FN2O/c17-13-5-6-15(19-9-2-1-3-10-19)14(11-13)16(18-12-20)7-4-8-16/h5-6,11H,1-4,7-10H2. The predicted octanol–water partition coefficient (Wildman–Crippen LogP) is 3.53. The fourth-order valence-corrected chi connectivity index (χ4v) is 3.33. The first-order chi connectivity index (χ1) is 9.75. The second kappa shape index (κ2) is 5.37. The Morgan fingerprint density at radius 3 is 2.50 bits per heavy atom. The van der Waals surface area contributed by atoms with E-state index in [9.17, 15) is 9.18 Å². The van der Waals surface area contributed by atoms with Crippen LogP contribution in [0.2, 0.25) is 0 Å². The van der Waals surface area contributed by atoms with E-state index >= 15 is 0 Å². The number of isocyanates is 1. The first-order valence-corrected chi connectivity index (χ1v) is 7.39. The molecule has 1 heterocycles. The van der Waals surface area contributed by atoms with Gasteiger partial charge in [-0.15, -0.1) is 0 Å². The van der Waals surface area contributed by atoms with Crippen LogP contribution in [0.4, 0.5) is 10.1 Å². The van der Waals surface area contributed by atoms with Crippen LogP contribution >= 0.6 is 0 Å². The zero-order valence-electron chi connectivity index (χ0n) is 11.6. The quantitative estimate of drug-likeness (QED) is 0.624. The Balaban J connectivity index is 2.03. The Morgan fingerprint density at radius 1 is 1.15 bits per heavy atom. The molecule has 3 nitrogen and oxygen atoms in total. The molecular weight excluding hydrogens is 255 g/mol. The normalized spacial score (nSPS) is 20.9. The molecule has 0 aromatic heterocycles. The van der Waals surface area contributed by atoms with Crippen LogP contribution in [0.5, 0.6) is 0 Å². The van der Waals surface area contributed by atoms with E-state index in [1.54, 1.807) is 12.1 Å². The number of rotatable bonds is 3. The zero-order valence-corrected chi connectivity index (χ0v) is 11.6. The SMILES string of the molecule is O=C=NC1(c2cc(F)ccc2N2CCCCC2)CCC1. The van der Waals surface area contributed by atoms with Crippen LogP contribution < -0.4 is 4.90 Å². The molecule has 1 saturated carbocycles. The van der Waals surface area contributed by atoms with Crippen molar-refractivity contribution >= 4 is 11.8 Å². The molecule has 1 aromatic rings. The molecular formula is C16H19FN2O. The maximum Gasteiger partial charge on any atom is 0.235 e. The molecule has 1 aliphatic carbocycles. The van der Waals surface area contributed by atoms with Gasteiger partial charge in [-0.3, -0.25) is 0 Å². The van der Waals surface area contributed by atoms with Crippen LogP contribution in [-0.4, -0.2) is 19.2 Å². The summed E-state index contributed by atoms with van der Waals surface area (Å²) in [5.74, 6) is -0.256. The van der Waals surface area contributed by atoms with Crippen molar-refractivity contribution in [3.05, 3.63) is 29.6 Å². The monoisotopic (exact) mass is 274 g/mol. The van der Waals surface area contributed by atoms with Gasteiger partial charge in [0.15, 0.2) is 0 Å². The molecule has 1 saturated heterocycles. The zero-order chi connectivity index (χ0) is 14.0. The average Bonchev–Trinajstić information content (AvgIpc) is 2.44. The van der Waals surface area contributed by atoms with Gasteiger partial charge in [0.1, 0.15) is 11.4 Å². The number of carbonyl (C=O) groups excluding carboxylic acids is 1. The van der Waals surface area contributed by atoms with Crippen LogP contribution in [-0.2, 0) is 10.3 Å². The lowest BCUT2D eigenvalue weighted by Crippen LogP contribution is -2.37. The molecule has 0 unspecified atom stereocenters. The predicted molar refractivity (Wildman–Crippen MR) is 76.1 cm³/mol. The Hall–Kier alpha value is -1.67. The van der Waals surface area contributed by atoms with Gasteiger partial charge in [-0.2, -0.15) is 4.99 Å². The molecule has 2 fully saturated rings. The molecule has 0 bridgehead atoms. The van der Waals surface area contributed by atoms with Crippen molar-refractivity contribution in [2.24, 2.45) is 4.99 Å². The molecule has 0 N–H and O–H groups in total. The van der Waals surface area contributed by atoms with Gasteiger partial charge in [0.05, 0.1) is 0 Å². The Labute approximate surface area is 118 Å². The minimum absolute atomic E-state index is 0.256. The van der Waals surface area contributed by atoms with E-state index in [1.807, 2.05) is 6.07 Å². The summed E-state index contributed by atoms with van der Waals surface area (Å²) in [6.45, 7) is 2.00. The highest BCUT2D eigenvalue weighted by Gasteiger charge is 2.41. The summed E-state index contributed by atoms with van der Waals surface area (Å²) in [5.41, 5.74) is 1.38. The number of hydrogen-bond acceptors (Lipinski definition) is 3. The number of hydrogen-bond donors (Lipinski definition) is 0. The van der Waals surface area contributed by atoms with Gasteiger partial charge in [-0.05, 0) is 56.7 Å². The second-order valence-corrected chi connectivity index (χ2v) is 5.80. The topological polar surface area (TPSA) is 32.7 Å². The van der Waals surface area contributed by atoms with Gasteiger partial charge in [0, 0.05) is 24.3 Å². The summed E-state index contributed by atoms with van der Waals surface area (Å²) in [4.78, 5) is 17.1. The number of nitrogens with zero attached hydrogens (tertiary/aromatic N) is 2. The van der Waals surface area contributed by atoms with E-state index in [-0.39, 0.29) is 5.82 Å². The van der Waals surface area contributed by atoms with E-state index in [0.29, 0.717) is 0 Å². The summed E-state index contributed by atoms with van der Waals surface area (Å²) < 4.78 is 13.7. The lowest BCUT2D eigenvalue weighted by molar-refractivity contribution is 0.255. The number of halogens is 1. The van der Waals surface area contributed by atoms with Gasteiger partial charge in [0.25, 0.3) is 0 Å². The lowest BCUT2D eigenvalue weighted by Gasteiger charge is -2.41. The third-order valence-electron chi connectivity index (χ3n) is 4.60. The summed E-state index contributed by atoms with van der Waals surface area (Å²) in [7, 11) is 0. The summed E-state index contributed by atoms with van der Waals surface area (Å²) in [6, 6.07) is 4.91. The van der Waals surface area contributed by atoms with Crippen LogP contribution in [0.15, 0.2) is 23.2 Å². The Kier molecular flexibility index (Phi) is 3.58. The summed E-state index contributed by atoms with van der Waals surface area (Å²) >= 11 is 0. The highest BCUT2D eigenvalue weighted by molar-refractivity contribution is 5.59. The van der Waals surface area contributed by atoms with E-state index in [4.69, 9.17) is 0 Å². The third kappa shape index (κ3) is 2.25. The third-order valence-corrected chi connectivity index (χ3v) is 4.60. The fourth-order valence-electron chi connectivity index (χ4n) is 3.33. The Morgan fingerprint density at radius 2 is 1.90 bits per heavy atom. The van der Waals surface area contributed by atoms with Crippen molar-refractivity contribution in [1.29, 1.82) is 0 Å².